The molecular weight excluding hydrogens is 1100 g/mol. The van der Waals surface area contributed by atoms with Gasteiger partial charge in [0.15, 0.2) is 11.6 Å². The minimum absolute atomic E-state index is 0.0834. The van der Waals surface area contributed by atoms with Crippen molar-refractivity contribution in [2.24, 2.45) is 16.7 Å². The maximum Gasteiger partial charge on any atom is 0.322 e. The number of nitrogens with zero attached hydrogens (tertiary/aromatic N) is 2. The van der Waals surface area contributed by atoms with Crippen molar-refractivity contribution in [3.05, 3.63) is 0 Å². The monoisotopic (exact) mass is 1220 g/mol. The number of rotatable bonds is 40. The molecule has 22 heteroatoms. The van der Waals surface area contributed by atoms with Crippen LogP contribution in [0.15, 0.2) is 0 Å². The largest absolute Gasteiger partial charge is 0.465 e. The Kier molecular flexibility index (Phi) is 34.3. The SMILES string of the molecule is CCCCOCCOCCOCCOCCC(=O)OCC1(CC)COC2(CC(C)(C)N(OC(C)=O)C(C)(C)C2)OC1.CCCCOCCOCCOCCOCCC(=O)OCC1(CC)COC2(CC(C)(CC)N(OC(C)=O)C(C)(CC)C2C)OC1. The normalized spacial score (nSPS) is 26.1. The fourth-order valence-corrected chi connectivity index (χ4v) is 11.4. The number of hydrogen-bond donors (Lipinski definition) is 0. The van der Waals surface area contributed by atoms with E-state index in [9.17, 15) is 19.2 Å². The van der Waals surface area contributed by atoms with Crippen LogP contribution in [0.1, 0.15) is 187 Å². The van der Waals surface area contributed by atoms with Gasteiger partial charge in [0.2, 0.25) is 0 Å². The van der Waals surface area contributed by atoms with Crippen LogP contribution in [0.25, 0.3) is 0 Å². The summed E-state index contributed by atoms with van der Waals surface area (Å²) in [7, 11) is 0. The number of ether oxygens (including phenoxy) is 14. The van der Waals surface area contributed by atoms with E-state index >= 15 is 0 Å². The second-order valence-corrected chi connectivity index (χ2v) is 25.2. The first-order valence-corrected chi connectivity index (χ1v) is 31.8. The van der Waals surface area contributed by atoms with Crippen LogP contribution in [0.4, 0.5) is 0 Å². The quantitative estimate of drug-likeness (QED) is 0.0412. The lowest BCUT2D eigenvalue weighted by Crippen LogP contribution is -2.74. The molecule has 0 aromatic carbocycles. The van der Waals surface area contributed by atoms with Crippen molar-refractivity contribution in [1.29, 1.82) is 0 Å². The Labute approximate surface area is 510 Å². The summed E-state index contributed by atoms with van der Waals surface area (Å²) in [6, 6.07) is 0. The molecule has 0 aromatic rings. The van der Waals surface area contributed by atoms with Gasteiger partial charge < -0.3 is 76.0 Å². The van der Waals surface area contributed by atoms with Gasteiger partial charge in [0, 0.05) is 52.2 Å². The molecule has 0 aromatic heterocycles. The van der Waals surface area contributed by atoms with E-state index in [0.29, 0.717) is 125 Å². The molecule has 22 nitrogen and oxygen atoms in total. The van der Waals surface area contributed by atoms with E-state index in [2.05, 4.69) is 55.4 Å². The molecule has 4 saturated heterocycles. The van der Waals surface area contributed by atoms with E-state index in [1.165, 1.54) is 13.8 Å². The highest BCUT2D eigenvalue weighted by Crippen LogP contribution is 2.55. The highest BCUT2D eigenvalue weighted by molar-refractivity contribution is 5.70. The van der Waals surface area contributed by atoms with Gasteiger partial charge in [-0.15, -0.1) is 10.1 Å². The minimum atomic E-state index is -0.834. The molecule has 3 atom stereocenters. The first-order chi connectivity index (χ1) is 40.4. The lowest BCUT2D eigenvalue weighted by atomic mass is 9.66. The number of hydroxylamine groups is 4. The van der Waals surface area contributed by atoms with Gasteiger partial charge in [-0.25, -0.2) is 0 Å². The van der Waals surface area contributed by atoms with Crippen molar-refractivity contribution in [1.82, 2.24) is 10.1 Å². The summed E-state index contributed by atoms with van der Waals surface area (Å²) in [6.07, 6.45) is 9.36. The summed E-state index contributed by atoms with van der Waals surface area (Å²) in [5.41, 5.74) is -2.79. The summed E-state index contributed by atoms with van der Waals surface area (Å²) in [6.45, 7) is 40.0. The zero-order valence-electron chi connectivity index (χ0n) is 55.4. The van der Waals surface area contributed by atoms with Gasteiger partial charge in [0.05, 0.1) is 165 Å². The second kappa shape index (κ2) is 38.1. The summed E-state index contributed by atoms with van der Waals surface area (Å²) in [4.78, 5) is 60.0. The van der Waals surface area contributed by atoms with E-state index in [-0.39, 0.29) is 69.1 Å². The van der Waals surface area contributed by atoms with E-state index in [1.807, 2.05) is 39.7 Å². The van der Waals surface area contributed by atoms with Gasteiger partial charge in [0.25, 0.3) is 0 Å². The van der Waals surface area contributed by atoms with Crippen molar-refractivity contribution in [3.8, 4) is 0 Å². The van der Waals surface area contributed by atoms with E-state index < -0.39 is 44.6 Å². The van der Waals surface area contributed by atoms with E-state index in [0.717, 1.165) is 64.6 Å². The summed E-state index contributed by atoms with van der Waals surface area (Å²) in [5.74, 6) is -3.02. The Balaban J connectivity index is 0.000000446. The number of unbranched alkanes of at least 4 members (excludes halogenated alkanes) is 2. The third-order valence-corrected chi connectivity index (χ3v) is 17.1. The average Bonchev–Trinajstić information content (AvgIpc) is 0.930. The predicted octanol–water partition coefficient (Wildman–Crippen LogP) is 9.14. The van der Waals surface area contributed by atoms with Crippen molar-refractivity contribution < 1.29 is 95.2 Å². The molecule has 85 heavy (non-hydrogen) atoms. The molecule has 0 N–H and O–H groups in total. The Morgan fingerprint density at radius 2 is 0.776 bits per heavy atom. The van der Waals surface area contributed by atoms with Crippen molar-refractivity contribution in [2.75, 3.05) is 145 Å². The standard InChI is InChI=1S/C33H61NO10.C30H55NO10/c1-9-13-15-37-17-19-39-21-22-40-20-18-38-16-14-29(36)41-24-32(12-4)25-42-33(43-26-32)23-30(7,10-2)34(44-28(6)35)31(8,11-3)27(33)5;1-8-10-12-34-14-16-36-18-19-37-17-15-35-13-11-26(33)38-22-29(9-2)23-39-30(40-24-29)20-27(4,5)31(41-25(3)32)28(6,7)21-30/h27H,9-26H2,1-8H3;8-24H2,1-7H3. The van der Waals surface area contributed by atoms with E-state index in [4.69, 9.17) is 76.0 Å². The molecular formula is C63H116N2O20. The lowest BCUT2D eigenvalue weighted by Gasteiger charge is -2.63. The number of carbonyl (C=O) groups excluding carboxylic acids is 4. The van der Waals surface area contributed by atoms with Gasteiger partial charge in [-0.3, -0.25) is 19.2 Å². The molecule has 0 bridgehead atoms. The Morgan fingerprint density at radius 3 is 1.11 bits per heavy atom. The third kappa shape index (κ3) is 24.9. The molecule has 3 unspecified atom stereocenters. The number of piperidine rings is 2. The Morgan fingerprint density at radius 1 is 0.435 bits per heavy atom. The molecule has 4 fully saturated rings. The zero-order valence-corrected chi connectivity index (χ0v) is 55.4. The molecule has 4 rings (SSSR count). The first kappa shape index (κ1) is 76.6. The van der Waals surface area contributed by atoms with Gasteiger partial charge in [-0.1, -0.05) is 61.3 Å². The fraction of sp³-hybridized carbons (Fsp3) is 0.937. The lowest BCUT2D eigenvalue weighted by molar-refractivity contribution is -0.403. The molecule has 0 amide bonds. The molecule has 498 valence electrons. The minimum Gasteiger partial charge on any atom is -0.465 e. The molecule has 0 radical (unpaired) electrons. The molecule has 4 aliphatic rings. The van der Waals surface area contributed by atoms with Crippen LogP contribution in [0.2, 0.25) is 0 Å². The van der Waals surface area contributed by atoms with Crippen molar-refractivity contribution in [2.45, 2.75) is 221 Å². The van der Waals surface area contributed by atoms with Crippen LogP contribution in [0.3, 0.4) is 0 Å². The van der Waals surface area contributed by atoms with Gasteiger partial charge >= 0.3 is 23.9 Å². The van der Waals surface area contributed by atoms with Gasteiger partial charge in [0.1, 0.15) is 13.2 Å². The molecule has 0 saturated carbocycles. The van der Waals surface area contributed by atoms with Crippen molar-refractivity contribution >= 4 is 23.9 Å². The average molecular weight is 1220 g/mol. The third-order valence-electron chi connectivity index (χ3n) is 17.1. The molecule has 4 heterocycles. The Bertz CT molecular complexity index is 1870. The maximum absolute atomic E-state index is 12.5. The van der Waals surface area contributed by atoms with Crippen molar-refractivity contribution in [3.63, 3.8) is 0 Å². The predicted molar refractivity (Wildman–Crippen MR) is 318 cm³/mol. The number of carbonyl (C=O) groups is 4. The van der Waals surface area contributed by atoms with Crippen LogP contribution < -0.4 is 0 Å². The Hall–Kier alpha value is -2.68. The zero-order chi connectivity index (χ0) is 63.1. The summed E-state index contributed by atoms with van der Waals surface area (Å²) in [5, 5.41) is 3.66. The summed E-state index contributed by atoms with van der Waals surface area (Å²) >= 11 is 0. The molecule has 4 aliphatic heterocycles. The van der Waals surface area contributed by atoms with Gasteiger partial charge in [-0.05, 0) is 80.1 Å². The second-order valence-electron chi connectivity index (χ2n) is 25.2. The molecule has 0 aliphatic carbocycles. The van der Waals surface area contributed by atoms with Gasteiger partial charge in [-0.2, -0.15) is 0 Å². The first-order valence-electron chi connectivity index (χ1n) is 31.8. The number of hydrogen-bond acceptors (Lipinski definition) is 22. The highest BCUT2D eigenvalue weighted by atomic mass is 16.7. The number of esters is 2. The van der Waals surface area contributed by atoms with Crippen LogP contribution in [-0.4, -0.2) is 213 Å². The van der Waals surface area contributed by atoms with Crippen LogP contribution in [-0.2, 0) is 95.2 Å². The molecule has 2 spiro atoms. The van der Waals surface area contributed by atoms with Crippen LogP contribution in [0.5, 0.6) is 0 Å². The van der Waals surface area contributed by atoms with Crippen LogP contribution >= 0.6 is 0 Å². The van der Waals surface area contributed by atoms with E-state index in [1.54, 1.807) is 5.06 Å². The smallest absolute Gasteiger partial charge is 0.322 e. The topological polar surface area (TPSA) is 222 Å². The maximum atomic E-state index is 12.5. The fourth-order valence-electron chi connectivity index (χ4n) is 11.4. The highest BCUT2D eigenvalue weighted by Gasteiger charge is 2.65. The van der Waals surface area contributed by atoms with Crippen LogP contribution in [0, 0.1) is 16.7 Å². The summed E-state index contributed by atoms with van der Waals surface area (Å²) < 4.78 is 81.2.